The van der Waals surface area contributed by atoms with Gasteiger partial charge in [-0.1, -0.05) is 18.2 Å². The number of halogens is 2. The summed E-state index contributed by atoms with van der Waals surface area (Å²) < 4.78 is 33.5. The van der Waals surface area contributed by atoms with Crippen LogP contribution in [0.3, 0.4) is 0 Å². The molecule has 1 N–H and O–H groups in total. The van der Waals surface area contributed by atoms with Crippen molar-refractivity contribution >= 4 is 5.97 Å². The average molecular weight is 403 g/mol. The van der Waals surface area contributed by atoms with E-state index in [1.807, 2.05) is 24.3 Å². The summed E-state index contributed by atoms with van der Waals surface area (Å²) in [5, 5.41) is 8.92. The zero-order chi connectivity index (χ0) is 21.0. The second kappa shape index (κ2) is 8.91. The van der Waals surface area contributed by atoms with E-state index >= 15 is 0 Å². The molecule has 2 aromatic carbocycles. The molecule has 1 aliphatic rings. The molecule has 4 nitrogen and oxygen atoms in total. The Morgan fingerprint density at radius 3 is 2.31 bits per heavy atom. The molecule has 0 saturated carbocycles. The van der Waals surface area contributed by atoms with Gasteiger partial charge in [0.2, 0.25) is 0 Å². The first-order valence-electron chi connectivity index (χ1n) is 9.88. The van der Waals surface area contributed by atoms with E-state index in [-0.39, 0.29) is 5.56 Å². The third-order valence-corrected chi connectivity index (χ3v) is 5.18. The van der Waals surface area contributed by atoms with Gasteiger partial charge in [-0.2, -0.15) is 0 Å². The number of alkyl halides is 1. The number of piperidine rings is 1. The Kier molecular flexibility index (Phi) is 6.52. The minimum atomic E-state index is -1.28. The standard InChI is InChI=1S/C23H27F2NO3/c1-23(2,25)15-26-11-9-16(10-12-26)14-29-19-6-3-17(4-7-19)18-5-8-20(22(27)28)21(24)13-18/h3-8,13,16H,9-12,14-15H2,1-2H3,(H,27,28). The van der Waals surface area contributed by atoms with E-state index in [9.17, 15) is 13.6 Å². The number of likely N-dealkylation sites (tertiary alicyclic amines) is 1. The SMILES string of the molecule is CC(C)(F)CN1CCC(COc2ccc(-c3ccc(C(=O)O)c(F)c3)cc2)CC1. The minimum Gasteiger partial charge on any atom is -0.493 e. The van der Waals surface area contributed by atoms with Crippen LogP contribution in [0.4, 0.5) is 8.78 Å². The molecule has 0 radical (unpaired) electrons. The summed E-state index contributed by atoms with van der Waals surface area (Å²) in [5.74, 6) is -0.843. The Hall–Kier alpha value is -2.47. The molecule has 0 amide bonds. The van der Waals surface area contributed by atoms with Crippen LogP contribution >= 0.6 is 0 Å². The number of nitrogens with zero attached hydrogens (tertiary/aromatic N) is 1. The Morgan fingerprint density at radius 1 is 1.14 bits per heavy atom. The van der Waals surface area contributed by atoms with Crippen molar-refractivity contribution in [1.29, 1.82) is 0 Å². The second-order valence-corrected chi connectivity index (χ2v) is 8.27. The summed E-state index contributed by atoms with van der Waals surface area (Å²) in [6, 6.07) is 11.4. The highest BCUT2D eigenvalue weighted by molar-refractivity contribution is 5.88. The summed E-state index contributed by atoms with van der Waals surface area (Å²) in [6.45, 7) is 6.09. The Balaban J connectivity index is 1.51. The van der Waals surface area contributed by atoms with Crippen molar-refractivity contribution in [3.63, 3.8) is 0 Å². The fourth-order valence-electron chi connectivity index (χ4n) is 3.67. The number of hydrogen-bond donors (Lipinski definition) is 1. The molecular formula is C23H27F2NO3. The van der Waals surface area contributed by atoms with Gasteiger partial charge >= 0.3 is 5.97 Å². The van der Waals surface area contributed by atoms with Crippen LogP contribution in [0.2, 0.25) is 0 Å². The van der Waals surface area contributed by atoms with Crippen LogP contribution in [0.1, 0.15) is 37.0 Å². The summed E-state index contributed by atoms with van der Waals surface area (Å²) in [5.41, 5.74) is -0.102. The molecule has 2 aromatic rings. The molecule has 6 heteroatoms. The molecule has 0 bridgehead atoms. The van der Waals surface area contributed by atoms with E-state index in [0.29, 0.717) is 24.6 Å². The predicted octanol–water partition coefficient (Wildman–Crippen LogP) is 5.03. The number of hydrogen-bond acceptors (Lipinski definition) is 3. The molecule has 1 fully saturated rings. The molecule has 29 heavy (non-hydrogen) atoms. The molecule has 1 heterocycles. The van der Waals surface area contributed by atoms with E-state index in [4.69, 9.17) is 9.84 Å². The molecule has 156 valence electrons. The Morgan fingerprint density at radius 2 is 1.76 bits per heavy atom. The molecule has 1 aliphatic heterocycles. The first-order chi connectivity index (χ1) is 13.7. The number of carboxylic acids is 1. The van der Waals surface area contributed by atoms with Crippen molar-refractivity contribution in [2.45, 2.75) is 32.4 Å². The fraction of sp³-hybridized carbons (Fsp3) is 0.435. The zero-order valence-electron chi connectivity index (χ0n) is 16.8. The molecule has 0 atom stereocenters. The lowest BCUT2D eigenvalue weighted by Gasteiger charge is -2.34. The van der Waals surface area contributed by atoms with E-state index in [1.165, 1.54) is 12.1 Å². The summed E-state index contributed by atoms with van der Waals surface area (Å²) in [4.78, 5) is 13.1. The van der Waals surface area contributed by atoms with Gasteiger partial charge in [0.05, 0.1) is 12.2 Å². The van der Waals surface area contributed by atoms with Crippen molar-refractivity contribution in [2.24, 2.45) is 5.92 Å². The highest BCUT2D eigenvalue weighted by Crippen LogP contribution is 2.26. The monoisotopic (exact) mass is 403 g/mol. The highest BCUT2D eigenvalue weighted by Gasteiger charge is 2.25. The van der Waals surface area contributed by atoms with Gasteiger partial charge in [0.25, 0.3) is 0 Å². The van der Waals surface area contributed by atoms with Crippen LogP contribution in [0, 0.1) is 11.7 Å². The molecule has 0 aliphatic carbocycles. The van der Waals surface area contributed by atoms with Gasteiger partial charge < -0.3 is 14.7 Å². The van der Waals surface area contributed by atoms with E-state index < -0.39 is 17.5 Å². The smallest absolute Gasteiger partial charge is 0.338 e. The van der Waals surface area contributed by atoms with Crippen molar-refractivity contribution < 1.29 is 23.4 Å². The van der Waals surface area contributed by atoms with Crippen molar-refractivity contribution in [2.75, 3.05) is 26.2 Å². The number of ether oxygens (including phenoxy) is 1. The van der Waals surface area contributed by atoms with Crippen LogP contribution in [-0.4, -0.2) is 47.9 Å². The van der Waals surface area contributed by atoms with Crippen LogP contribution in [0.25, 0.3) is 11.1 Å². The maximum Gasteiger partial charge on any atom is 0.338 e. The van der Waals surface area contributed by atoms with Gasteiger partial charge in [-0.3, -0.25) is 0 Å². The lowest BCUT2D eigenvalue weighted by molar-refractivity contribution is 0.0691. The van der Waals surface area contributed by atoms with E-state index in [2.05, 4.69) is 4.90 Å². The largest absolute Gasteiger partial charge is 0.493 e. The van der Waals surface area contributed by atoms with E-state index in [1.54, 1.807) is 19.9 Å². The number of aromatic carboxylic acids is 1. The van der Waals surface area contributed by atoms with Crippen molar-refractivity contribution in [3.05, 3.63) is 53.8 Å². The summed E-state index contributed by atoms with van der Waals surface area (Å²) in [6.07, 6.45) is 1.98. The van der Waals surface area contributed by atoms with Gasteiger partial charge in [0.1, 0.15) is 17.2 Å². The minimum absolute atomic E-state index is 0.338. The zero-order valence-corrected chi connectivity index (χ0v) is 16.8. The number of carboxylic acid groups (broad SMARTS) is 1. The fourth-order valence-corrected chi connectivity index (χ4v) is 3.67. The maximum absolute atomic E-state index is 13.9. The first-order valence-corrected chi connectivity index (χ1v) is 9.88. The molecule has 3 rings (SSSR count). The molecule has 0 aromatic heterocycles. The molecule has 1 saturated heterocycles. The summed E-state index contributed by atoms with van der Waals surface area (Å²) in [7, 11) is 0. The van der Waals surface area contributed by atoms with Gasteiger partial charge in [0, 0.05) is 6.54 Å². The van der Waals surface area contributed by atoms with Gasteiger partial charge in [-0.25, -0.2) is 13.6 Å². The lowest BCUT2D eigenvalue weighted by atomic mass is 9.97. The molecule has 0 spiro atoms. The molecule has 0 unspecified atom stereocenters. The first kappa shape index (κ1) is 21.2. The van der Waals surface area contributed by atoms with Crippen LogP contribution < -0.4 is 4.74 Å². The topological polar surface area (TPSA) is 49.8 Å². The average Bonchev–Trinajstić information content (AvgIpc) is 2.66. The van der Waals surface area contributed by atoms with Gasteiger partial charge in [0.15, 0.2) is 0 Å². The number of carbonyl (C=O) groups is 1. The second-order valence-electron chi connectivity index (χ2n) is 8.27. The van der Waals surface area contributed by atoms with E-state index in [0.717, 1.165) is 37.2 Å². The Labute approximate surface area is 170 Å². The van der Waals surface area contributed by atoms with Gasteiger partial charge in [-0.15, -0.1) is 0 Å². The quantitative estimate of drug-likeness (QED) is 0.705. The third kappa shape index (κ3) is 6.00. The van der Waals surface area contributed by atoms with Gasteiger partial charge in [-0.05, 0) is 81.1 Å². The predicted molar refractivity (Wildman–Crippen MR) is 109 cm³/mol. The van der Waals surface area contributed by atoms with Crippen LogP contribution in [0.5, 0.6) is 5.75 Å². The maximum atomic E-state index is 13.9. The van der Waals surface area contributed by atoms with Crippen LogP contribution in [-0.2, 0) is 0 Å². The number of rotatable bonds is 7. The Bertz CT molecular complexity index is 838. The highest BCUT2D eigenvalue weighted by atomic mass is 19.1. The third-order valence-electron chi connectivity index (χ3n) is 5.18. The number of benzene rings is 2. The summed E-state index contributed by atoms with van der Waals surface area (Å²) >= 11 is 0. The molecular weight excluding hydrogens is 376 g/mol. The van der Waals surface area contributed by atoms with Crippen molar-refractivity contribution in [1.82, 2.24) is 4.90 Å². The van der Waals surface area contributed by atoms with Crippen LogP contribution in [0.15, 0.2) is 42.5 Å². The normalized spacial score (nSPS) is 16.0. The lowest BCUT2D eigenvalue weighted by Crippen LogP contribution is -2.41. The van der Waals surface area contributed by atoms with Crippen molar-refractivity contribution in [3.8, 4) is 16.9 Å².